The highest BCUT2D eigenvalue weighted by Crippen LogP contribution is 2.20. The van der Waals surface area contributed by atoms with Crippen molar-refractivity contribution < 1.29 is 4.79 Å². The second-order valence-electron chi connectivity index (χ2n) is 7.26. The summed E-state index contributed by atoms with van der Waals surface area (Å²) < 4.78 is 1.23. The molecule has 0 saturated carbocycles. The summed E-state index contributed by atoms with van der Waals surface area (Å²) in [5.41, 5.74) is 3.50. The molecular weight excluding hydrogens is 376 g/mol. The maximum absolute atomic E-state index is 12.7. The van der Waals surface area contributed by atoms with E-state index in [4.69, 9.17) is 10.8 Å². The normalized spacial score (nSPS) is 13.9. The Labute approximate surface area is 175 Å². The van der Waals surface area contributed by atoms with Gasteiger partial charge < -0.3 is 9.80 Å². The number of benzene rings is 2. The summed E-state index contributed by atoms with van der Waals surface area (Å²) in [7, 11) is 0. The number of aromatic nitrogens is 2. The molecule has 1 aromatic heterocycles. The van der Waals surface area contributed by atoms with Crippen LogP contribution < -0.4 is 10.4 Å². The zero-order chi connectivity index (χ0) is 20.9. The molecule has 2 N–H and O–H groups in total. The molecule has 0 radical (unpaired) electrons. The van der Waals surface area contributed by atoms with Crippen LogP contribution in [0.25, 0.3) is 11.1 Å². The second kappa shape index (κ2) is 8.73. The predicted octanol–water partition coefficient (Wildman–Crippen LogP) is 2.38. The van der Waals surface area contributed by atoms with Gasteiger partial charge in [0, 0.05) is 26.2 Å². The lowest BCUT2D eigenvalue weighted by Gasteiger charge is -2.35. The minimum atomic E-state index is 0.131. The van der Waals surface area contributed by atoms with Crippen LogP contribution in [0.1, 0.15) is 5.56 Å². The Kier molecular flexibility index (Phi) is 5.70. The Morgan fingerprint density at radius 1 is 0.900 bits per heavy atom. The fourth-order valence-corrected chi connectivity index (χ4v) is 3.61. The van der Waals surface area contributed by atoms with Crippen molar-refractivity contribution >= 4 is 18.1 Å². The SMILES string of the molecule is N=Cn1nc(N2CCN(C(=O)Cc3ccc(-c4ccccc4)cc3)CC2)ccc1=N. The minimum Gasteiger partial charge on any atom is -0.352 e. The molecule has 1 amide bonds. The van der Waals surface area contributed by atoms with E-state index in [1.54, 1.807) is 12.1 Å². The van der Waals surface area contributed by atoms with Crippen molar-refractivity contribution in [1.29, 1.82) is 10.8 Å². The first-order chi connectivity index (χ1) is 14.6. The van der Waals surface area contributed by atoms with Crippen molar-refractivity contribution in [1.82, 2.24) is 14.7 Å². The highest BCUT2D eigenvalue weighted by atomic mass is 16.2. The predicted molar refractivity (Wildman–Crippen MR) is 117 cm³/mol. The van der Waals surface area contributed by atoms with E-state index in [9.17, 15) is 4.79 Å². The second-order valence-corrected chi connectivity index (χ2v) is 7.26. The Hall–Kier alpha value is -3.74. The van der Waals surface area contributed by atoms with E-state index in [-0.39, 0.29) is 11.4 Å². The van der Waals surface area contributed by atoms with Gasteiger partial charge in [0.1, 0.15) is 17.6 Å². The van der Waals surface area contributed by atoms with Crippen LogP contribution in [0.3, 0.4) is 0 Å². The molecule has 1 aliphatic rings. The third kappa shape index (κ3) is 4.30. The standard InChI is InChI=1S/C23H24N6O/c24-17-29-21(25)10-11-22(26-29)27-12-14-28(15-13-27)23(30)16-18-6-8-20(9-7-18)19-4-2-1-3-5-19/h1-11,17,24-25H,12-16H2. The molecule has 0 unspecified atom stereocenters. The number of nitrogens with zero attached hydrogens (tertiary/aromatic N) is 4. The molecule has 4 rings (SSSR count). The number of anilines is 1. The molecule has 3 aromatic rings. The molecule has 152 valence electrons. The first-order valence-corrected chi connectivity index (χ1v) is 9.96. The topological polar surface area (TPSA) is 89.1 Å². The van der Waals surface area contributed by atoms with Gasteiger partial charge in [0.15, 0.2) is 0 Å². The van der Waals surface area contributed by atoms with Crippen molar-refractivity contribution in [3.63, 3.8) is 0 Å². The maximum Gasteiger partial charge on any atom is 0.227 e. The van der Waals surface area contributed by atoms with Gasteiger partial charge in [0.2, 0.25) is 5.91 Å². The molecule has 1 aliphatic heterocycles. The summed E-state index contributed by atoms with van der Waals surface area (Å²) in [4.78, 5) is 16.7. The molecule has 2 heterocycles. The van der Waals surface area contributed by atoms with Gasteiger partial charge in [-0.05, 0) is 28.8 Å². The van der Waals surface area contributed by atoms with Gasteiger partial charge in [-0.2, -0.15) is 0 Å². The fourth-order valence-electron chi connectivity index (χ4n) is 3.61. The Morgan fingerprint density at radius 2 is 1.57 bits per heavy atom. The van der Waals surface area contributed by atoms with E-state index in [1.165, 1.54) is 10.2 Å². The first kappa shape index (κ1) is 19.6. The quantitative estimate of drug-likeness (QED) is 0.509. The minimum absolute atomic E-state index is 0.131. The Bertz CT molecular complexity index is 1080. The first-order valence-electron chi connectivity index (χ1n) is 9.96. The number of hydrogen-bond acceptors (Lipinski definition) is 5. The molecular formula is C23H24N6O. The number of amides is 1. The van der Waals surface area contributed by atoms with Crippen LogP contribution in [0.4, 0.5) is 5.82 Å². The third-order valence-corrected chi connectivity index (χ3v) is 5.34. The molecule has 7 nitrogen and oxygen atoms in total. The molecule has 0 bridgehead atoms. The van der Waals surface area contributed by atoms with Gasteiger partial charge in [-0.15, -0.1) is 5.10 Å². The van der Waals surface area contributed by atoms with Gasteiger partial charge in [0.25, 0.3) is 0 Å². The van der Waals surface area contributed by atoms with Gasteiger partial charge in [-0.1, -0.05) is 54.6 Å². The van der Waals surface area contributed by atoms with Crippen LogP contribution in [0.5, 0.6) is 0 Å². The van der Waals surface area contributed by atoms with Crippen molar-refractivity contribution in [2.75, 3.05) is 31.1 Å². The molecule has 30 heavy (non-hydrogen) atoms. The van der Waals surface area contributed by atoms with Crippen molar-refractivity contribution in [3.05, 3.63) is 77.8 Å². The van der Waals surface area contributed by atoms with E-state index in [0.717, 1.165) is 23.3 Å². The van der Waals surface area contributed by atoms with E-state index in [1.807, 2.05) is 35.2 Å². The van der Waals surface area contributed by atoms with E-state index < -0.39 is 0 Å². The Morgan fingerprint density at radius 3 is 2.23 bits per heavy atom. The van der Waals surface area contributed by atoms with Gasteiger partial charge in [-0.3, -0.25) is 15.6 Å². The molecule has 0 atom stereocenters. The van der Waals surface area contributed by atoms with Crippen LogP contribution in [0, 0.1) is 10.8 Å². The number of piperazine rings is 1. The van der Waals surface area contributed by atoms with Crippen LogP contribution in [0.2, 0.25) is 0 Å². The van der Waals surface area contributed by atoms with Crippen LogP contribution in [-0.2, 0) is 11.2 Å². The third-order valence-electron chi connectivity index (χ3n) is 5.34. The molecule has 1 fully saturated rings. The lowest BCUT2D eigenvalue weighted by atomic mass is 10.0. The van der Waals surface area contributed by atoms with E-state index >= 15 is 0 Å². The summed E-state index contributed by atoms with van der Waals surface area (Å²) >= 11 is 0. The molecule has 1 saturated heterocycles. The summed E-state index contributed by atoms with van der Waals surface area (Å²) in [6, 6.07) is 21.8. The van der Waals surface area contributed by atoms with Crippen molar-refractivity contribution in [2.45, 2.75) is 6.42 Å². The average molecular weight is 400 g/mol. The van der Waals surface area contributed by atoms with Crippen LogP contribution in [0.15, 0.2) is 66.7 Å². The van der Waals surface area contributed by atoms with Crippen LogP contribution in [-0.4, -0.2) is 53.1 Å². The molecule has 0 aliphatic carbocycles. The zero-order valence-corrected chi connectivity index (χ0v) is 16.7. The van der Waals surface area contributed by atoms with Gasteiger partial charge in [0.05, 0.1) is 6.42 Å². The lowest BCUT2D eigenvalue weighted by molar-refractivity contribution is -0.130. The number of carbonyl (C=O) groups is 1. The molecule has 2 aromatic carbocycles. The smallest absolute Gasteiger partial charge is 0.227 e. The van der Waals surface area contributed by atoms with Crippen molar-refractivity contribution in [3.8, 4) is 11.1 Å². The van der Waals surface area contributed by atoms with E-state index in [0.29, 0.717) is 32.6 Å². The highest BCUT2D eigenvalue weighted by Gasteiger charge is 2.22. The maximum atomic E-state index is 12.7. The van der Waals surface area contributed by atoms with Crippen LogP contribution >= 0.6 is 0 Å². The monoisotopic (exact) mass is 400 g/mol. The number of rotatable bonds is 5. The summed E-state index contributed by atoms with van der Waals surface area (Å²) in [6.07, 6.45) is 1.42. The summed E-state index contributed by atoms with van der Waals surface area (Å²) in [6.45, 7) is 2.63. The summed E-state index contributed by atoms with van der Waals surface area (Å²) in [5, 5.41) is 19.3. The average Bonchev–Trinajstić information content (AvgIpc) is 2.80. The summed E-state index contributed by atoms with van der Waals surface area (Å²) in [5.74, 6) is 0.851. The van der Waals surface area contributed by atoms with Crippen molar-refractivity contribution in [2.24, 2.45) is 0 Å². The number of hydrogen-bond donors (Lipinski definition) is 2. The fraction of sp³-hybridized carbons (Fsp3) is 0.217. The zero-order valence-electron chi connectivity index (χ0n) is 16.7. The molecule has 0 spiro atoms. The molecule has 7 heteroatoms. The lowest BCUT2D eigenvalue weighted by Crippen LogP contribution is -2.49. The number of nitrogens with one attached hydrogen (secondary N) is 2. The highest BCUT2D eigenvalue weighted by molar-refractivity contribution is 5.79. The van der Waals surface area contributed by atoms with Gasteiger partial charge in [-0.25, -0.2) is 4.68 Å². The number of carbonyl (C=O) groups excluding carboxylic acids is 1. The van der Waals surface area contributed by atoms with E-state index in [2.05, 4.69) is 34.3 Å². The Balaban J connectivity index is 1.34. The van der Waals surface area contributed by atoms with Gasteiger partial charge >= 0.3 is 0 Å². The largest absolute Gasteiger partial charge is 0.352 e.